The van der Waals surface area contributed by atoms with Crippen LogP contribution < -0.4 is 5.73 Å². The molecule has 0 saturated heterocycles. The Morgan fingerprint density at radius 2 is 1.70 bits per heavy atom. The monoisotopic (exact) mass is 413 g/mol. The summed E-state index contributed by atoms with van der Waals surface area (Å²) in [4.78, 5) is 18.0. The summed E-state index contributed by atoms with van der Waals surface area (Å²) in [5.41, 5.74) is 11.0. The molecule has 0 aliphatic rings. The van der Waals surface area contributed by atoms with Crippen molar-refractivity contribution in [1.82, 2.24) is 9.38 Å². The number of rotatable bonds is 4. The molecule has 30 heavy (non-hydrogen) atoms. The van der Waals surface area contributed by atoms with Gasteiger partial charge in [0.2, 0.25) is 5.78 Å². The number of hydrogen-bond acceptors (Lipinski definition) is 4. The first-order valence-electron chi connectivity index (χ1n) is 9.33. The van der Waals surface area contributed by atoms with Crippen molar-refractivity contribution in [2.24, 2.45) is 0 Å². The number of aromatic nitrogens is 2. The molecule has 0 unspecified atom stereocenters. The van der Waals surface area contributed by atoms with Gasteiger partial charge in [-0.05, 0) is 36.4 Å². The molecule has 0 fully saturated rings. The molecule has 0 saturated carbocycles. The average Bonchev–Trinajstić information content (AvgIpc) is 3.36. The third kappa shape index (κ3) is 2.98. The largest absolute Gasteiger partial charge is 0.396 e. The van der Waals surface area contributed by atoms with E-state index in [-0.39, 0.29) is 5.78 Å². The van der Waals surface area contributed by atoms with E-state index in [9.17, 15) is 9.18 Å². The number of hydrogen-bond donors (Lipinski definition) is 1. The summed E-state index contributed by atoms with van der Waals surface area (Å²) < 4.78 is 15.1. The van der Waals surface area contributed by atoms with Crippen LogP contribution in [0.3, 0.4) is 0 Å². The maximum absolute atomic E-state index is 13.3. The summed E-state index contributed by atoms with van der Waals surface area (Å²) in [6, 6.07) is 21.0. The second-order valence-corrected chi connectivity index (χ2v) is 7.69. The second kappa shape index (κ2) is 7.24. The number of nitrogens with two attached hydrogens (primary N) is 1. The molecule has 2 N–H and O–H groups in total. The molecular weight excluding hydrogens is 397 g/mol. The van der Waals surface area contributed by atoms with Gasteiger partial charge in [0, 0.05) is 22.7 Å². The molecule has 5 rings (SSSR count). The van der Waals surface area contributed by atoms with Crippen LogP contribution in [0.1, 0.15) is 16.1 Å². The fourth-order valence-corrected chi connectivity index (χ4v) is 4.45. The summed E-state index contributed by atoms with van der Waals surface area (Å²) in [5, 5.41) is 2.73. The van der Waals surface area contributed by atoms with Gasteiger partial charge in [-0.15, -0.1) is 11.3 Å². The highest BCUT2D eigenvalue weighted by atomic mass is 32.1. The quantitative estimate of drug-likeness (QED) is 0.386. The highest BCUT2D eigenvalue weighted by Crippen LogP contribution is 2.39. The Morgan fingerprint density at radius 1 is 0.967 bits per heavy atom. The van der Waals surface area contributed by atoms with E-state index >= 15 is 0 Å². The number of halogens is 1. The first-order valence-corrected chi connectivity index (χ1v) is 10.2. The minimum absolute atomic E-state index is 0.264. The van der Waals surface area contributed by atoms with Gasteiger partial charge in [0.15, 0.2) is 0 Å². The number of pyridine rings is 1. The molecule has 0 aliphatic carbocycles. The first-order chi connectivity index (χ1) is 14.6. The van der Waals surface area contributed by atoms with Gasteiger partial charge < -0.3 is 10.1 Å². The minimum atomic E-state index is -0.392. The predicted octanol–water partition coefficient (Wildman–Crippen LogP) is 5.68. The van der Waals surface area contributed by atoms with Gasteiger partial charge in [-0.1, -0.05) is 36.4 Å². The number of benzene rings is 2. The maximum atomic E-state index is 13.3. The van der Waals surface area contributed by atoms with E-state index in [1.807, 2.05) is 53.9 Å². The number of nitrogen functional groups attached to an aromatic ring is 1. The molecular formula is C24H16FN3OS. The van der Waals surface area contributed by atoms with Crippen molar-refractivity contribution in [3.63, 3.8) is 0 Å². The zero-order valence-electron chi connectivity index (χ0n) is 15.7. The van der Waals surface area contributed by atoms with Crippen molar-refractivity contribution in [1.29, 1.82) is 0 Å². The summed E-state index contributed by atoms with van der Waals surface area (Å²) in [6.45, 7) is 0. The van der Waals surface area contributed by atoms with Crippen LogP contribution in [0, 0.1) is 5.82 Å². The van der Waals surface area contributed by atoms with Crippen LogP contribution in [0.25, 0.3) is 27.3 Å². The molecule has 0 atom stereocenters. The van der Waals surface area contributed by atoms with Gasteiger partial charge in [0.25, 0.3) is 0 Å². The van der Waals surface area contributed by atoms with E-state index in [1.165, 1.54) is 35.6 Å². The summed E-state index contributed by atoms with van der Waals surface area (Å²) in [7, 11) is 0. The Morgan fingerprint density at radius 3 is 2.47 bits per heavy atom. The lowest BCUT2D eigenvalue weighted by Gasteiger charge is -2.03. The summed E-state index contributed by atoms with van der Waals surface area (Å²) in [6.07, 6.45) is 1.80. The smallest absolute Gasteiger partial charge is 0.211 e. The molecule has 0 amide bonds. The van der Waals surface area contributed by atoms with Gasteiger partial charge in [0.05, 0.1) is 22.5 Å². The summed E-state index contributed by atoms with van der Waals surface area (Å²) >= 11 is 1.48. The molecule has 146 valence electrons. The number of carbonyl (C=O) groups is 1. The normalized spacial score (nSPS) is 11.1. The molecule has 5 aromatic rings. The predicted molar refractivity (Wildman–Crippen MR) is 118 cm³/mol. The SMILES string of the molecule is Nc1c(-c2nc(-c3ccccc3)cs2)c2ccccn2c1C(=O)c1ccc(F)cc1. The molecule has 3 aromatic heterocycles. The molecule has 0 bridgehead atoms. The van der Waals surface area contributed by atoms with Gasteiger partial charge >= 0.3 is 0 Å². The fraction of sp³-hybridized carbons (Fsp3) is 0. The van der Waals surface area contributed by atoms with Crippen molar-refractivity contribution in [3.8, 4) is 21.8 Å². The van der Waals surface area contributed by atoms with E-state index in [4.69, 9.17) is 10.7 Å². The molecule has 4 nitrogen and oxygen atoms in total. The standard InChI is InChI=1S/C24H16FN3OS/c25-17-11-9-16(10-12-17)23(29)22-21(26)20(19-8-4-5-13-28(19)22)24-27-18(14-30-24)15-6-2-1-3-7-15/h1-14H,26H2. The lowest BCUT2D eigenvalue weighted by Crippen LogP contribution is -2.08. The molecule has 0 radical (unpaired) electrons. The first kappa shape index (κ1) is 18.3. The third-order valence-corrected chi connectivity index (χ3v) is 5.85. The Hall–Kier alpha value is -3.77. The molecule has 0 spiro atoms. The topological polar surface area (TPSA) is 60.4 Å². The number of thiazole rings is 1. The zero-order valence-corrected chi connectivity index (χ0v) is 16.6. The van der Waals surface area contributed by atoms with Crippen molar-refractivity contribution in [3.05, 3.63) is 101 Å². The third-order valence-electron chi connectivity index (χ3n) is 4.99. The van der Waals surface area contributed by atoms with Crippen LogP contribution in [0.4, 0.5) is 10.1 Å². The molecule has 0 aliphatic heterocycles. The van der Waals surface area contributed by atoms with Crippen LogP contribution in [0.15, 0.2) is 84.4 Å². The average molecular weight is 413 g/mol. The van der Waals surface area contributed by atoms with Crippen molar-refractivity contribution < 1.29 is 9.18 Å². The second-order valence-electron chi connectivity index (χ2n) is 6.83. The van der Waals surface area contributed by atoms with E-state index < -0.39 is 5.82 Å². The van der Waals surface area contributed by atoms with E-state index in [1.54, 1.807) is 10.6 Å². The molecule has 3 heterocycles. The number of ketones is 1. The van der Waals surface area contributed by atoms with E-state index in [0.717, 1.165) is 27.3 Å². The van der Waals surface area contributed by atoms with Gasteiger partial charge in [0.1, 0.15) is 16.5 Å². The van der Waals surface area contributed by atoms with E-state index in [0.29, 0.717) is 16.9 Å². The van der Waals surface area contributed by atoms with Crippen LogP contribution in [-0.4, -0.2) is 15.2 Å². The molecule has 6 heteroatoms. The van der Waals surface area contributed by atoms with Crippen LogP contribution in [-0.2, 0) is 0 Å². The fourth-order valence-electron chi connectivity index (χ4n) is 3.55. The Labute approximate surface area is 176 Å². The summed E-state index contributed by atoms with van der Waals surface area (Å²) in [5.74, 6) is -0.656. The van der Waals surface area contributed by atoms with Crippen LogP contribution >= 0.6 is 11.3 Å². The zero-order chi connectivity index (χ0) is 20.7. The Balaban J connectivity index is 1.68. The lowest BCUT2D eigenvalue weighted by molar-refractivity contribution is 0.103. The number of anilines is 1. The maximum Gasteiger partial charge on any atom is 0.211 e. The number of nitrogens with zero attached hydrogens (tertiary/aromatic N) is 2. The van der Waals surface area contributed by atoms with Gasteiger partial charge in [-0.3, -0.25) is 4.79 Å². The number of fused-ring (bicyclic) bond motifs is 1. The lowest BCUT2D eigenvalue weighted by atomic mass is 10.1. The minimum Gasteiger partial charge on any atom is -0.396 e. The highest BCUT2D eigenvalue weighted by Gasteiger charge is 2.25. The van der Waals surface area contributed by atoms with Crippen molar-refractivity contribution in [2.45, 2.75) is 0 Å². The Kier molecular flexibility index (Phi) is 4.41. The van der Waals surface area contributed by atoms with Crippen molar-refractivity contribution >= 4 is 28.3 Å². The van der Waals surface area contributed by atoms with Gasteiger partial charge in [-0.2, -0.15) is 0 Å². The molecule has 2 aromatic carbocycles. The Bertz CT molecular complexity index is 1370. The van der Waals surface area contributed by atoms with Crippen molar-refractivity contribution in [2.75, 3.05) is 5.73 Å². The van der Waals surface area contributed by atoms with Crippen LogP contribution in [0.5, 0.6) is 0 Å². The highest BCUT2D eigenvalue weighted by molar-refractivity contribution is 7.13. The van der Waals surface area contributed by atoms with Gasteiger partial charge in [-0.25, -0.2) is 9.37 Å². The van der Waals surface area contributed by atoms with Crippen LogP contribution in [0.2, 0.25) is 0 Å². The number of carbonyl (C=O) groups excluding carboxylic acids is 1. The van der Waals surface area contributed by atoms with E-state index in [2.05, 4.69) is 0 Å².